The molecule has 0 N–H and O–H groups in total. The molecule has 3 heterocycles. The average molecular weight is 332 g/mol. The van der Waals surface area contributed by atoms with Gasteiger partial charge in [-0.1, -0.05) is 12.8 Å². The summed E-state index contributed by atoms with van der Waals surface area (Å²) in [6, 6.07) is 0. The van der Waals surface area contributed by atoms with Crippen LogP contribution in [-0.2, 0) is 6.54 Å². The Morgan fingerprint density at radius 1 is 1.00 bits per heavy atom. The highest BCUT2D eigenvalue weighted by molar-refractivity contribution is 5.00. The van der Waals surface area contributed by atoms with E-state index in [1.807, 2.05) is 6.92 Å². The molecule has 0 aliphatic carbocycles. The zero-order valence-electron chi connectivity index (χ0n) is 15.1. The van der Waals surface area contributed by atoms with Gasteiger partial charge < -0.3 is 9.80 Å². The molecule has 0 radical (unpaired) electrons. The van der Waals surface area contributed by atoms with Crippen molar-refractivity contribution in [1.82, 2.24) is 19.4 Å². The minimum Gasteiger partial charge on any atom is -0.302 e. The molecule has 0 saturated carbocycles. The molecule has 2 aliphatic rings. The second kappa shape index (κ2) is 8.77. The van der Waals surface area contributed by atoms with Crippen LogP contribution in [0.3, 0.4) is 0 Å². The van der Waals surface area contributed by atoms with Gasteiger partial charge >= 0.3 is 0 Å². The fourth-order valence-electron chi connectivity index (χ4n) is 4.00. The van der Waals surface area contributed by atoms with Gasteiger partial charge in [0.05, 0.1) is 6.33 Å². The van der Waals surface area contributed by atoms with Crippen LogP contribution in [0.5, 0.6) is 0 Å². The van der Waals surface area contributed by atoms with Gasteiger partial charge in [-0.05, 0) is 64.7 Å². The van der Waals surface area contributed by atoms with Gasteiger partial charge in [-0.2, -0.15) is 0 Å². The topological polar surface area (TPSA) is 41.4 Å². The van der Waals surface area contributed by atoms with Gasteiger partial charge in [-0.25, -0.2) is 4.98 Å². The van der Waals surface area contributed by atoms with E-state index < -0.39 is 0 Å². The van der Waals surface area contributed by atoms with Crippen molar-refractivity contribution in [2.75, 3.05) is 39.3 Å². The Labute approximate surface area is 145 Å². The van der Waals surface area contributed by atoms with Crippen LogP contribution in [0.1, 0.15) is 44.1 Å². The first-order valence-electron chi connectivity index (χ1n) is 9.68. The summed E-state index contributed by atoms with van der Waals surface area (Å²) in [5.41, 5.74) is 0.862. The number of piperidine rings is 1. The van der Waals surface area contributed by atoms with E-state index in [9.17, 15) is 4.79 Å². The molecule has 0 bridgehead atoms. The summed E-state index contributed by atoms with van der Waals surface area (Å²) in [6.45, 7) is 10.0. The number of hydrogen-bond donors (Lipinski definition) is 0. The zero-order valence-corrected chi connectivity index (χ0v) is 15.1. The van der Waals surface area contributed by atoms with Crippen molar-refractivity contribution >= 4 is 0 Å². The first-order valence-corrected chi connectivity index (χ1v) is 9.68. The third-order valence-corrected chi connectivity index (χ3v) is 5.67. The molecule has 1 aromatic heterocycles. The van der Waals surface area contributed by atoms with Crippen LogP contribution < -0.4 is 5.56 Å². The molecule has 2 saturated heterocycles. The van der Waals surface area contributed by atoms with Gasteiger partial charge in [0.2, 0.25) is 0 Å². The standard InChI is InChI=1S/C19H32N4O/c1-17-14-20-16-23(19(17)24)15-18-6-10-22(11-7-18)13-12-21-8-4-2-3-5-9-21/h14,16,18H,2-13,15H2,1H3. The van der Waals surface area contributed by atoms with E-state index in [1.54, 1.807) is 17.1 Å². The molecule has 0 atom stereocenters. The molecule has 1 aromatic rings. The summed E-state index contributed by atoms with van der Waals surface area (Å²) in [6.07, 6.45) is 11.3. The van der Waals surface area contributed by atoms with Crippen LogP contribution >= 0.6 is 0 Å². The molecule has 5 heteroatoms. The summed E-state index contributed by atoms with van der Waals surface area (Å²) in [5, 5.41) is 0. The monoisotopic (exact) mass is 332 g/mol. The molecule has 3 rings (SSSR count). The normalized spacial score (nSPS) is 21.7. The molecular weight excluding hydrogens is 300 g/mol. The Hall–Kier alpha value is -1.20. The van der Waals surface area contributed by atoms with Crippen molar-refractivity contribution < 1.29 is 0 Å². The lowest BCUT2D eigenvalue weighted by atomic mass is 9.96. The van der Waals surface area contributed by atoms with E-state index in [0.717, 1.165) is 12.1 Å². The predicted molar refractivity (Wildman–Crippen MR) is 97.3 cm³/mol. The summed E-state index contributed by atoms with van der Waals surface area (Å²) < 4.78 is 1.80. The molecule has 2 fully saturated rings. The number of likely N-dealkylation sites (tertiary alicyclic amines) is 2. The van der Waals surface area contributed by atoms with E-state index in [-0.39, 0.29) is 5.56 Å². The Morgan fingerprint density at radius 3 is 2.29 bits per heavy atom. The van der Waals surface area contributed by atoms with Crippen LogP contribution in [0.4, 0.5) is 0 Å². The summed E-state index contributed by atoms with van der Waals surface area (Å²) >= 11 is 0. The van der Waals surface area contributed by atoms with E-state index in [4.69, 9.17) is 0 Å². The van der Waals surface area contributed by atoms with Crippen LogP contribution in [0.25, 0.3) is 0 Å². The fraction of sp³-hybridized carbons (Fsp3) is 0.789. The smallest absolute Gasteiger partial charge is 0.256 e. The number of nitrogens with zero attached hydrogens (tertiary/aromatic N) is 4. The molecule has 2 aliphatic heterocycles. The second-order valence-electron chi connectivity index (χ2n) is 7.58. The SMILES string of the molecule is Cc1cncn(CC2CCN(CCN3CCCCCC3)CC2)c1=O. The molecule has 0 spiro atoms. The molecule has 24 heavy (non-hydrogen) atoms. The molecule has 5 nitrogen and oxygen atoms in total. The largest absolute Gasteiger partial charge is 0.302 e. The minimum atomic E-state index is 0.119. The van der Waals surface area contributed by atoms with Gasteiger partial charge in [-0.15, -0.1) is 0 Å². The number of hydrogen-bond acceptors (Lipinski definition) is 4. The molecule has 0 amide bonds. The van der Waals surface area contributed by atoms with E-state index in [0.29, 0.717) is 5.92 Å². The van der Waals surface area contributed by atoms with Gasteiger partial charge in [0, 0.05) is 31.4 Å². The second-order valence-corrected chi connectivity index (χ2v) is 7.58. The van der Waals surface area contributed by atoms with Gasteiger partial charge in [-0.3, -0.25) is 9.36 Å². The summed E-state index contributed by atoms with van der Waals surface area (Å²) in [7, 11) is 0. The summed E-state index contributed by atoms with van der Waals surface area (Å²) in [5.74, 6) is 0.612. The summed E-state index contributed by atoms with van der Waals surface area (Å²) in [4.78, 5) is 21.5. The number of aromatic nitrogens is 2. The van der Waals surface area contributed by atoms with Crippen LogP contribution in [-0.4, -0.2) is 58.6 Å². The Morgan fingerprint density at radius 2 is 1.62 bits per heavy atom. The molecule has 0 unspecified atom stereocenters. The van der Waals surface area contributed by atoms with Crippen molar-refractivity contribution in [2.24, 2.45) is 5.92 Å². The zero-order chi connectivity index (χ0) is 16.8. The van der Waals surface area contributed by atoms with E-state index >= 15 is 0 Å². The van der Waals surface area contributed by atoms with Gasteiger partial charge in [0.15, 0.2) is 0 Å². The third kappa shape index (κ3) is 4.90. The molecular formula is C19H32N4O. The maximum Gasteiger partial charge on any atom is 0.256 e. The Balaban J connectivity index is 1.40. The van der Waals surface area contributed by atoms with Crippen LogP contribution in [0.2, 0.25) is 0 Å². The van der Waals surface area contributed by atoms with Crippen LogP contribution in [0, 0.1) is 12.8 Å². The maximum absolute atomic E-state index is 12.1. The number of rotatable bonds is 5. The first kappa shape index (κ1) is 17.6. The van der Waals surface area contributed by atoms with Gasteiger partial charge in [0.25, 0.3) is 5.56 Å². The van der Waals surface area contributed by atoms with Crippen molar-refractivity contribution in [3.8, 4) is 0 Å². The lowest BCUT2D eigenvalue weighted by Crippen LogP contribution is -2.41. The highest BCUT2D eigenvalue weighted by atomic mass is 16.1. The molecule has 134 valence electrons. The van der Waals surface area contributed by atoms with Crippen molar-refractivity contribution in [1.29, 1.82) is 0 Å². The van der Waals surface area contributed by atoms with Crippen molar-refractivity contribution in [3.05, 3.63) is 28.4 Å². The number of aryl methyl sites for hydroxylation is 1. The predicted octanol–water partition coefficient (Wildman–Crippen LogP) is 2.14. The quantitative estimate of drug-likeness (QED) is 0.828. The lowest BCUT2D eigenvalue weighted by molar-refractivity contribution is 0.149. The van der Waals surface area contributed by atoms with Crippen molar-refractivity contribution in [3.63, 3.8) is 0 Å². The lowest BCUT2D eigenvalue weighted by Gasteiger charge is -2.33. The van der Waals surface area contributed by atoms with Crippen molar-refractivity contribution in [2.45, 2.75) is 52.0 Å². The highest BCUT2D eigenvalue weighted by Gasteiger charge is 2.20. The van der Waals surface area contributed by atoms with E-state index in [2.05, 4.69) is 14.8 Å². The maximum atomic E-state index is 12.1. The Kier molecular flexibility index (Phi) is 6.44. The Bertz CT molecular complexity index is 555. The minimum absolute atomic E-state index is 0.119. The van der Waals surface area contributed by atoms with Gasteiger partial charge in [0.1, 0.15) is 0 Å². The van der Waals surface area contributed by atoms with E-state index in [1.165, 1.54) is 77.8 Å². The first-order chi connectivity index (χ1) is 11.7. The average Bonchev–Trinajstić information content (AvgIpc) is 2.87. The molecule has 0 aromatic carbocycles. The highest BCUT2D eigenvalue weighted by Crippen LogP contribution is 2.18. The fourth-order valence-corrected chi connectivity index (χ4v) is 4.00. The third-order valence-electron chi connectivity index (χ3n) is 5.67. The van der Waals surface area contributed by atoms with Crippen LogP contribution in [0.15, 0.2) is 17.3 Å².